The van der Waals surface area contributed by atoms with Gasteiger partial charge in [0.1, 0.15) is 5.82 Å². The summed E-state index contributed by atoms with van der Waals surface area (Å²) in [5.41, 5.74) is 4.07. The van der Waals surface area contributed by atoms with Gasteiger partial charge in [-0.25, -0.2) is 12.8 Å². The standard InChI is InChI=1S/C29H25FN4O2S.CH4/c30-26-9-11-28(12-10-26)37(35,36)34-20-25-15-23(17-31)8-13-29(25)33(19-24-7-4-14-32-18-24)21-27(34)16-22-5-2-1-3-6-22;/h1-15,18,27H,16,19-21H2;1H4/t27-;/m1./s1. The van der Waals surface area contributed by atoms with E-state index in [9.17, 15) is 18.1 Å². The van der Waals surface area contributed by atoms with Crippen molar-refractivity contribution in [3.63, 3.8) is 0 Å². The summed E-state index contributed by atoms with van der Waals surface area (Å²) >= 11 is 0. The third-order valence-corrected chi connectivity index (χ3v) is 8.46. The second kappa shape index (κ2) is 11.5. The van der Waals surface area contributed by atoms with Crippen molar-refractivity contribution in [1.29, 1.82) is 5.26 Å². The molecule has 1 aromatic heterocycles. The Balaban J connectivity index is 0.00000336. The van der Waals surface area contributed by atoms with Gasteiger partial charge in [0, 0.05) is 43.8 Å². The lowest BCUT2D eigenvalue weighted by molar-refractivity contribution is 0.318. The number of hydrogen-bond donors (Lipinski definition) is 0. The lowest BCUT2D eigenvalue weighted by atomic mass is 10.1. The molecule has 1 aliphatic heterocycles. The van der Waals surface area contributed by atoms with E-state index in [4.69, 9.17) is 0 Å². The lowest BCUT2D eigenvalue weighted by Gasteiger charge is -2.32. The minimum Gasteiger partial charge on any atom is -0.365 e. The summed E-state index contributed by atoms with van der Waals surface area (Å²) in [7, 11) is -3.99. The fourth-order valence-corrected chi connectivity index (χ4v) is 6.36. The molecule has 0 bridgehead atoms. The predicted octanol–water partition coefficient (Wildman–Crippen LogP) is 5.55. The van der Waals surface area contributed by atoms with E-state index < -0.39 is 21.9 Å². The van der Waals surface area contributed by atoms with Crippen LogP contribution in [0.25, 0.3) is 0 Å². The first-order valence-electron chi connectivity index (χ1n) is 11.9. The molecule has 4 aromatic rings. The molecule has 0 aliphatic carbocycles. The van der Waals surface area contributed by atoms with E-state index in [2.05, 4.69) is 16.0 Å². The van der Waals surface area contributed by atoms with Crippen LogP contribution in [0.1, 0.15) is 29.7 Å². The molecule has 1 aliphatic rings. The molecular formula is C30H29FN4O2S. The average molecular weight is 529 g/mol. The van der Waals surface area contributed by atoms with Crippen molar-refractivity contribution >= 4 is 15.7 Å². The fraction of sp³-hybridized carbons (Fsp3) is 0.200. The predicted molar refractivity (Wildman–Crippen MR) is 146 cm³/mol. The van der Waals surface area contributed by atoms with Crippen molar-refractivity contribution in [2.24, 2.45) is 0 Å². The van der Waals surface area contributed by atoms with Crippen LogP contribution in [-0.4, -0.2) is 30.3 Å². The average Bonchev–Trinajstić information content (AvgIpc) is 3.07. The largest absolute Gasteiger partial charge is 0.365 e. The third-order valence-electron chi connectivity index (χ3n) is 6.54. The van der Waals surface area contributed by atoms with Crippen LogP contribution in [0.4, 0.5) is 10.1 Å². The van der Waals surface area contributed by atoms with Crippen molar-refractivity contribution in [3.05, 3.63) is 125 Å². The smallest absolute Gasteiger partial charge is 0.243 e. The van der Waals surface area contributed by atoms with Crippen LogP contribution >= 0.6 is 0 Å². The van der Waals surface area contributed by atoms with E-state index in [1.54, 1.807) is 24.5 Å². The van der Waals surface area contributed by atoms with Gasteiger partial charge < -0.3 is 4.90 Å². The molecule has 0 radical (unpaired) electrons. The first-order valence-corrected chi connectivity index (χ1v) is 13.4. The second-order valence-corrected chi connectivity index (χ2v) is 10.9. The Bertz CT molecular complexity index is 1520. The summed E-state index contributed by atoms with van der Waals surface area (Å²) < 4.78 is 43.1. The summed E-state index contributed by atoms with van der Waals surface area (Å²) in [5.74, 6) is -0.498. The van der Waals surface area contributed by atoms with Gasteiger partial charge in [0.15, 0.2) is 0 Å². The molecule has 194 valence electrons. The summed E-state index contributed by atoms with van der Waals surface area (Å²) in [6, 6.07) is 25.7. The fourth-order valence-electron chi connectivity index (χ4n) is 4.77. The van der Waals surface area contributed by atoms with E-state index in [0.29, 0.717) is 25.1 Å². The number of fused-ring (bicyclic) bond motifs is 1. The van der Waals surface area contributed by atoms with Crippen molar-refractivity contribution < 1.29 is 12.8 Å². The summed E-state index contributed by atoms with van der Waals surface area (Å²) in [6.07, 6.45) is 4.01. The molecule has 5 rings (SSSR count). The Morgan fingerprint density at radius 3 is 2.39 bits per heavy atom. The normalized spacial score (nSPS) is 15.6. The molecule has 1 atom stereocenters. The van der Waals surface area contributed by atoms with E-state index >= 15 is 0 Å². The number of anilines is 1. The molecule has 0 saturated heterocycles. The number of benzene rings is 3. The number of pyridine rings is 1. The number of sulfonamides is 1. The highest BCUT2D eigenvalue weighted by Crippen LogP contribution is 2.34. The maximum absolute atomic E-state index is 14.0. The number of rotatable bonds is 6. The Hall–Kier alpha value is -4.06. The van der Waals surface area contributed by atoms with Gasteiger partial charge in [-0.15, -0.1) is 0 Å². The molecular weight excluding hydrogens is 499 g/mol. The summed E-state index contributed by atoms with van der Waals surface area (Å²) in [5, 5.41) is 9.55. The molecule has 0 amide bonds. The van der Waals surface area contributed by atoms with Crippen LogP contribution in [0.3, 0.4) is 0 Å². The first-order chi connectivity index (χ1) is 17.9. The van der Waals surface area contributed by atoms with E-state index in [1.807, 2.05) is 48.5 Å². The second-order valence-electron chi connectivity index (χ2n) is 9.04. The van der Waals surface area contributed by atoms with Gasteiger partial charge in [0.2, 0.25) is 10.0 Å². The topological polar surface area (TPSA) is 77.3 Å². The Morgan fingerprint density at radius 2 is 1.71 bits per heavy atom. The molecule has 3 aromatic carbocycles. The van der Waals surface area contributed by atoms with E-state index in [0.717, 1.165) is 34.5 Å². The SMILES string of the molecule is C.N#Cc1ccc2c(c1)CN(S(=O)(=O)c1ccc(F)cc1)[C@H](Cc1ccccc1)CN2Cc1cccnc1. The zero-order valence-corrected chi connectivity index (χ0v) is 20.9. The van der Waals surface area contributed by atoms with Crippen molar-refractivity contribution in [2.45, 2.75) is 37.9 Å². The zero-order valence-electron chi connectivity index (χ0n) is 20.0. The molecule has 8 heteroatoms. The van der Waals surface area contributed by atoms with Crippen LogP contribution in [0.15, 0.2) is 102 Å². The maximum Gasteiger partial charge on any atom is 0.243 e. The van der Waals surface area contributed by atoms with Gasteiger partial charge in [-0.3, -0.25) is 4.98 Å². The molecule has 0 spiro atoms. The van der Waals surface area contributed by atoms with E-state index in [1.165, 1.54) is 16.4 Å². The van der Waals surface area contributed by atoms with Gasteiger partial charge >= 0.3 is 0 Å². The Morgan fingerprint density at radius 1 is 0.974 bits per heavy atom. The van der Waals surface area contributed by atoms with Crippen LogP contribution < -0.4 is 4.90 Å². The molecule has 0 fully saturated rings. The Kier molecular flexibility index (Phi) is 8.20. The van der Waals surface area contributed by atoms with Crippen molar-refractivity contribution in [3.8, 4) is 6.07 Å². The third kappa shape index (κ3) is 5.75. The number of aromatic nitrogens is 1. The molecule has 0 N–H and O–H groups in total. The molecule has 2 heterocycles. The van der Waals surface area contributed by atoms with Gasteiger partial charge in [0.25, 0.3) is 0 Å². The number of hydrogen-bond acceptors (Lipinski definition) is 5. The molecule has 0 saturated carbocycles. The zero-order chi connectivity index (χ0) is 25.8. The Labute approximate surface area is 223 Å². The number of nitrogens with zero attached hydrogens (tertiary/aromatic N) is 4. The van der Waals surface area contributed by atoms with Crippen LogP contribution in [0, 0.1) is 17.1 Å². The highest BCUT2D eigenvalue weighted by atomic mass is 32.2. The molecule has 0 unspecified atom stereocenters. The highest BCUT2D eigenvalue weighted by Gasteiger charge is 2.36. The first kappa shape index (κ1) is 27.0. The molecule has 38 heavy (non-hydrogen) atoms. The maximum atomic E-state index is 14.0. The lowest BCUT2D eigenvalue weighted by Crippen LogP contribution is -2.45. The van der Waals surface area contributed by atoms with Gasteiger partial charge in [-0.2, -0.15) is 9.57 Å². The number of nitriles is 1. The number of halogens is 1. The van der Waals surface area contributed by atoms with Crippen molar-refractivity contribution in [2.75, 3.05) is 11.4 Å². The minimum atomic E-state index is -3.99. The van der Waals surface area contributed by atoms with Crippen molar-refractivity contribution in [1.82, 2.24) is 9.29 Å². The quantitative estimate of drug-likeness (QED) is 0.328. The van der Waals surface area contributed by atoms with Gasteiger partial charge in [-0.1, -0.05) is 43.8 Å². The van der Waals surface area contributed by atoms with Gasteiger partial charge in [0.05, 0.1) is 16.5 Å². The highest BCUT2D eigenvalue weighted by molar-refractivity contribution is 7.89. The minimum absolute atomic E-state index is 0. The van der Waals surface area contributed by atoms with Gasteiger partial charge in [-0.05, 0) is 71.6 Å². The summed E-state index contributed by atoms with van der Waals surface area (Å²) in [4.78, 5) is 6.43. The van der Waals surface area contributed by atoms with Crippen LogP contribution in [0.2, 0.25) is 0 Å². The van der Waals surface area contributed by atoms with Crippen LogP contribution in [-0.2, 0) is 29.5 Å². The monoisotopic (exact) mass is 528 g/mol. The molecule has 6 nitrogen and oxygen atoms in total. The van der Waals surface area contributed by atoms with E-state index in [-0.39, 0.29) is 18.9 Å². The van der Waals surface area contributed by atoms with Crippen LogP contribution in [0.5, 0.6) is 0 Å². The summed E-state index contributed by atoms with van der Waals surface area (Å²) in [6.45, 7) is 1.04.